The quantitative estimate of drug-likeness (QED) is 0.436. The molecule has 4 fully saturated rings. The predicted octanol–water partition coefficient (Wildman–Crippen LogP) is 4.89. The Labute approximate surface area is 203 Å². The molecule has 4 aliphatic carbocycles. The zero-order valence-corrected chi connectivity index (χ0v) is 21.2. The summed E-state index contributed by atoms with van der Waals surface area (Å²) in [4.78, 5) is 26.0. The lowest BCUT2D eigenvalue weighted by atomic mass is 9.47. The second kappa shape index (κ2) is 7.77. The maximum atomic E-state index is 13.1. The molecule has 2 saturated carbocycles. The van der Waals surface area contributed by atoms with E-state index < -0.39 is 5.60 Å². The van der Waals surface area contributed by atoms with Gasteiger partial charge in [0.15, 0.2) is 5.78 Å². The molecule has 6 rings (SSSR count). The molecular formula is C29H40O5. The average Bonchev–Trinajstić information content (AvgIpc) is 3.15. The molecule has 2 saturated heterocycles. The van der Waals surface area contributed by atoms with Gasteiger partial charge in [0, 0.05) is 19.4 Å². The summed E-state index contributed by atoms with van der Waals surface area (Å²) in [6.45, 7) is 7.81. The van der Waals surface area contributed by atoms with Crippen LogP contribution in [-0.4, -0.2) is 43.8 Å². The lowest BCUT2D eigenvalue weighted by Crippen LogP contribution is -2.61. The Morgan fingerprint density at radius 1 is 1.06 bits per heavy atom. The molecule has 186 valence electrons. The minimum atomic E-state index is -0.489. The van der Waals surface area contributed by atoms with Crippen LogP contribution in [0.15, 0.2) is 23.8 Å². The molecule has 6 aliphatic rings. The van der Waals surface area contributed by atoms with Crippen molar-refractivity contribution in [2.45, 2.75) is 77.4 Å². The average molecular weight is 469 g/mol. The van der Waals surface area contributed by atoms with Crippen LogP contribution in [-0.2, 0) is 23.8 Å². The van der Waals surface area contributed by atoms with Gasteiger partial charge in [0.05, 0.1) is 24.2 Å². The van der Waals surface area contributed by atoms with Crippen LogP contribution < -0.4 is 0 Å². The third kappa shape index (κ3) is 2.98. The summed E-state index contributed by atoms with van der Waals surface area (Å²) >= 11 is 0. The number of hydrogen-bond acceptors (Lipinski definition) is 5. The van der Waals surface area contributed by atoms with Crippen molar-refractivity contribution in [1.82, 2.24) is 0 Å². The van der Waals surface area contributed by atoms with Crippen molar-refractivity contribution in [3.8, 4) is 0 Å². The third-order valence-electron chi connectivity index (χ3n) is 11.5. The van der Waals surface area contributed by atoms with Crippen molar-refractivity contribution in [3.05, 3.63) is 23.8 Å². The van der Waals surface area contributed by atoms with Crippen molar-refractivity contribution in [2.24, 2.45) is 46.3 Å². The second-order valence-electron chi connectivity index (χ2n) is 12.7. The van der Waals surface area contributed by atoms with Crippen LogP contribution >= 0.6 is 0 Å². The summed E-state index contributed by atoms with van der Waals surface area (Å²) in [6, 6.07) is 0. The Hall–Kier alpha value is -1.46. The minimum absolute atomic E-state index is 0.0573. The van der Waals surface area contributed by atoms with Gasteiger partial charge in [-0.15, -0.1) is 0 Å². The Kier molecular flexibility index (Phi) is 5.25. The van der Waals surface area contributed by atoms with Crippen LogP contribution in [0.1, 0.15) is 65.7 Å². The van der Waals surface area contributed by atoms with Crippen molar-refractivity contribution in [2.75, 3.05) is 20.3 Å². The first-order valence-corrected chi connectivity index (χ1v) is 13.5. The molecule has 2 bridgehead atoms. The molecule has 0 aromatic carbocycles. The predicted molar refractivity (Wildman–Crippen MR) is 128 cm³/mol. The molecule has 10 atom stereocenters. The van der Waals surface area contributed by atoms with Gasteiger partial charge in [0.25, 0.3) is 0 Å². The molecule has 0 spiro atoms. The standard InChI is InChI=1S/C29H40O5/c1-27-13-12-22-18(9-8-17-6-5-7-25(30)29(17,22)3)20(27)10-11-21(27)19-15-33-28(2)14-24(19)34-26(31)23(28)16-32-4/h5,7-8,18-24H,6,9-16H2,1-4H3/t18-,19-,20-,21-,22-,23-,24-,27-,28-,29-/m0/s1. The molecule has 2 aliphatic heterocycles. The number of ketones is 1. The highest BCUT2D eigenvalue weighted by Gasteiger charge is 2.63. The first-order valence-electron chi connectivity index (χ1n) is 13.5. The summed E-state index contributed by atoms with van der Waals surface area (Å²) in [5, 5.41) is 0. The molecule has 5 heteroatoms. The van der Waals surface area contributed by atoms with Crippen molar-refractivity contribution in [3.63, 3.8) is 0 Å². The van der Waals surface area contributed by atoms with Gasteiger partial charge in [-0.2, -0.15) is 0 Å². The molecule has 0 radical (unpaired) electrons. The van der Waals surface area contributed by atoms with Crippen molar-refractivity contribution in [1.29, 1.82) is 0 Å². The zero-order chi connectivity index (χ0) is 23.9. The summed E-state index contributed by atoms with van der Waals surface area (Å²) in [5.41, 5.74) is 0.784. The van der Waals surface area contributed by atoms with Gasteiger partial charge in [-0.25, -0.2) is 0 Å². The summed E-state index contributed by atoms with van der Waals surface area (Å²) in [6.07, 6.45) is 13.7. The number of esters is 1. The maximum Gasteiger partial charge on any atom is 0.314 e. The maximum absolute atomic E-state index is 13.1. The Morgan fingerprint density at radius 2 is 1.82 bits per heavy atom. The molecule has 5 nitrogen and oxygen atoms in total. The van der Waals surface area contributed by atoms with Crippen LogP contribution in [0.2, 0.25) is 0 Å². The summed E-state index contributed by atoms with van der Waals surface area (Å²) in [7, 11) is 1.63. The number of ether oxygens (including phenoxy) is 3. The number of allylic oxidation sites excluding steroid dienone is 4. The molecule has 34 heavy (non-hydrogen) atoms. The van der Waals surface area contributed by atoms with E-state index in [1.165, 1.54) is 18.4 Å². The highest BCUT2D eigenvalue weighted by atomic mass is 16.6. The lowest BCUT2D eigenvalue weighted by Gasteiger charge is -2.58. The van der Waals surface area contributed by atoms with Crippen LogP contribution in [0.4, 0.5) is 0 Å². The van der Waals surface area contributed by atoms with Gasteiger partial charge in [0.2, 0.25) is 0 Å². The molecule has 0 aromatic heterocycles. The van der Waals surface area contributed by atoms with Crippen LogP contribution in [0.3, 0.4) is 0 Å². The summed E-state index contributed by atoms with van der Waals surface area (Å²) < 4.78 is 17.9. The van der Waals surface area contributed by atoms with Gasteiger partial charge < -0.3 is 14.2 Å². The second-order valence-corrected chi connectivity index (χ2v) is 12.7. The topological polar surface area (TPSA) is 61.8 Å². The van der Waals surface area contributed by atoms with Gasteiger partial charge in [-0.05, 0) is 87.5 Å². The van der Waals surface area contributed by atoms with Gasteiger partial charge >= 0.3 is 5.97 Å². The number of carbonyl (C=O) groups is 2. The monoisotopic (exact) mass is 468 g/mol. The van der Waals surface area contributed by atoms with Crippen LogP contribution in [0, 0.1) is 46.3 Å². The Morgan fingerprint density at radius 3 is 2.59 bits per heavy atom. The fraction of sp³-hybridized carbons (Fsp3) is 0.793. The molecule has 0 N–H and O–H groups in total. The normalized spacial score (nSPS) is 51.8. The number of carbonyl (C=O) groups excluding carboxylic acids is 2. The SMILES string of the molecule is COC[C@H]1C(=O)O[C@H]2C[C@]1(C)OC[C@H]2[C@@H]1CC[C@H]2[C@@H]3CC=C4CC=CC(=O)[C@]4(C)[C@H]3CC[C@]12C. The molecule has 2 heterocycles. The molecule has 0 aromatic rings. The van der Waals surface area contributed by atoms with E-state index >= 15 is 0 Å². The van der Waals surface area contributed by atoms with E-state index in [4.69, 9.17) is 14.2 Å². The van der Waals surface area contributed by atoms with E-state index in [9.17, 15) is 9.59 Å². The number of fused-ring (bicyclic) bond motifs is 7. The van der Waals surface area contributed by atoms with Crippen LogP contribution in [0.5, 0.6) is 0 Å². The molecule has 0 unspecified atom stereocenters. The van der Waals surface area contributed by atoms with E-state index in [1.807, 2.05) is 12.2 Å². The largest absolute Gasteiger partial charge is 0.461 e. The molecular weight excluding hydrogens is 428 g/mol. The van der Waals surface area contributed by atoms with E-state index in [1.54, 1.807) is 7.11 Å². The van der Waals surface area contributed by atoms with E-state index in [2.05, 4.69) is 26.8 Å². The number of rotatable bonds is 3. The minimum Gasteiger partial charge on any atom is -0.461 e. The van der Waals surface area contributed by atoms with E-state index in [0.29, 0.717) is 42.7 Å². The number of methoxy groups -OCH3 is 1. The van der Waals surface area contributed by atoms with E-state index in [-0.39, 0.29) is 34.7 Å². The fourth-order valence-electron chi connectivity index (χ4n) is 9.55. The third-order valence-corrected chi connectivity index (χ3v) is 11.5. The van der Waals surface area contributed by atoms with Gasteiger partial charge in [-0.1, -0.05) is 24.6 Å². The van der Waals surface area contributed by atoms with Crippen molar-refractivity contribution < 1.29 is 23.8 Å². The highest BCUT2D eigenvalue weighted by molar-refractivity contribution is 5.98. The Balaban J connectivity index is 1.25. The van der Waals surface area contributed by atoms with E-state index in [0.717, 1.165) is 32.1 Å². The number of hydrogen-bond donors (Lipinski definition) is 0. The summed E-state index contributed by atoms with van der Waals surface area (Å²) in [5.74, 6) is 2.23. The van der Waals surface area contributed by atoms with Crippen LogP contribution in [0.25, 0.3) is 0 Å². The fourth-order valence-corrected chi connectivity index (χ4v) is 9.55. The first-order chi connectivity index (χ1) is 16.2. The Bertz CT molecular complexity index is 952. The highest BCUT2D eigenvalue weighted by Crippen LogP contribution is 2.67. The smallest absolute Gasteiger partial charge is 0.314 e. The lowest BCUT2D eigenvalue weighted by molar-refractivity contribution is -0.241. The van der Waals surface area contributed by atoms with Gasteiger partial charge in [-0.3, -0.25) is 9.59 Å². The van der Waals surface area contributed by atoms with Crippen molar-refractivity contribution >= 4 is 11.8 Å². The zero-order valence-electron chi connectivity index (χ0n) is 21.2. The molecule has 0 amide bonds. The first kappa shape index (κ1) is 23.0. The van der Waals surface area contributed by atoms with Gasteiger partial charge in [0.1, 0.15) is 12.0 Å².